The van der Waals surface area contributed by atoms with Gasteiger partial charge in [0.1, 0.15) is 5.76 Å². The van der Waals surface area contributed by atoms with Gasteiger partial charge in [-0.25, -0.2) is 8.42 Å². The molecule has 0 fully saturated rings. The molecule has 0 saturated carbocycles. The average molecular weight is 429 g/mol. The van der Waals surface area contributed by atoms with E-state index in [4.69, 9.17) is 9.15 Å². The summed E-state index contributed by atoms with van der Waals surface area (Å²) in [5, 5.41) is 0. The van der Waals surface area contributed by atoms with Crippen molar-refractivity contribution >= 4 is 21.6 Å². The van der Waals surface area contributed by atoms with Crippen LogP contribution in [0.2, 0.25) is 0 Å². The van der Waals surface area contributed by atoms with E-state index in [-0.39, 0.29) is 22.9 Å². The molecule has 30 heavy (non-hydrogen) atoms. The molecule has 3 aromatic rings. The molecule has 0 radical (unpaired) electrons. The Bertz CT molecular complexity index is 1070. The van der Waals surface area contributed by atoms with Crippen molar-refractivity contribution in [1.29, 1.82) is 0 Å². The van der Waals surface area contributed by atoms with E-state index >= 15 is 0 Å². The highest BCUT2D eigenvalue weighted by Gasteiger charge is 2.24. The zero-order valence-corrected chi connectivity index (χ0v) is 17.7. The molecular weight excluding hydrogens is 404 g/mol. The average Bonchev–Trinajstić information content (AvgIpc) is 3.29. The Balaban J connectivity index is 1.87. The van der Waals surface area contributed by atoms with Crippen molar-refractivity contribution in [2.45, 2.75) is 11.4 Å². The summed E-state index contributed by atoms with van der Waals surface area (Å²) in [7, 11) is -0.776. The van der Waals surface area contributed by atoms with E-state index < -0.39 is 10.0 Å². The van der Waals surface area contributed by atoms with Crippen LogP contribution in [0.1, 0.15) is 16.1 Å². The van der Waals surface area contributed by atoms with Crippen LogP contribution in [0.3, 0.4) is 0 Å². The standard InChI is InChI=1S/C22H24N2O5S/c1-23(19-9-4-3-5-10-19)30(26,27)21-12-6-8-18(16-21)22(25)24(13-15-28-2)17-20-11-7-14-29-20/h3-12,14,16H,13,15,17H2,1-2H3. The molecule has 0 N–H and O–H groups in total. The summed E-state index contributed by atoms with van der Waals surface area (Å²) in [5.74, 6) is 0.329. The lowest BCUT2D eigenvalue weighted by atomic mass is 10.2. The first-order valence-corrected chi connectivity index (χ1v) is 10.8. The van der Waals surface area contributed by atoms with Crippen molar-refractivity contribution in [3.8, 4) is 0 Å². The molecule has 2 aromatic carbocycles. The topological polar surface area (TPSA) is 80.1 Å². The van der Waals surface area contributed by atoms with Crippen LogP contribution in [-0.4, -0.2) is 46.5 Å². The molecule has 0 aliphatic carbocycles. The van der Waals surface area contributed by atoms with E-state index in [1.54, 1.807) is 66.8 Å². The number of carbonyl (C=O) groups is 1. The van der Waals surface area contributed by atoms with Crippen molar-refractivity contribution in [2.75, 3.05) is 31.6 Å². The van der Waals surface area contributed by atoms with E-state index in [1.165, 1.54) is 23.5 Å². The molecule has 0 spiro atoms. The summed E-state index contributed by atoms with van der Waals surface area (Å²) >= 11 is 0. The van der Waals surface area contributed by atoms with Gasteiger partial charge >= 0.3 is 0 Å². The maximum absolute atomic E-state index is 13.1. The smallest absolute Gasteiger partial charge is 0.264 e. The van der Waals surface area contributed by atoms with Crippen LogP contribution in [0, 0.1) is 0 Å². The fourth-order valence-corrected chi connectivity index (χ4v) is 4.19. The van der Waals surface area contributed by atoms with Gasteiger partial charge in [-0.15, -0.1) is 0 Å². The minimum atomic E-state index is -3.82. The van der Waals surface area contributed by atoms with E-state index in [1.807, 2.05) is 6.07 Å². The quantitative estimate of drug-likeness (QED) is 0.522. The zero-order chi connectivity index (χ0) is 21.6. The lowest BCUT2D eigenvalue weighted by molar-refractivity contribution is 0.0666. The third kappa shape index (κ3) is 4.90. The van der Waals surface area contributed by atoms with Crippen LogP contribution < -0.4 is 4.31 Å². The second-order valence-corrected chi connectivity index (χ2v) is 8.60. The van der Waals surface area contributed by atoms with Crippen LogP contribution in [-0.2, 0) is 21.3 Å². The molecule has 158 valence electrons. The maximum atomic E-state index is 13.1. The minimum Gasteiger partial charge on any atom is -0.467 e. The molecule has 1 amide bonds. The number of carbonyl (C=O) groups excluding carboxylic acids is 1. The predicted octanol–water partition coefficient (Wildman–Crippen LogP) is 3.39. The van der Waals surface area contributed by atoms with Crippen LogP contribution in [0.5, 0.6) is 0 Å². The normalized spacial score (nSPS) is 11.3. The van der Waals surface area contributed by atoms with Crippen molar-refractivity contribution in [3.05, 3.63) is 84.3 Å². The zero-order valence-electron chi connectivity index (χ0n) is 16.9. The number of nitrogens with zero attached hydrogens (tertiary/aromatic N) is 2. The molecule has 3 rings (SSSR count). The van der Waals surface area contributed by atoms with Gasteiger partial charge in [0.2, 0.25) is 0 Å². The first kappa shape index (κ1) is 21.6. The maximum Gasteiger partial charge on any atom is 0.264 e. The number of furan rings is 1. The van der Waals surface area contributed by atoms with Gasteiger partial charge in [0.25, 0.3) is 15.9 Å². The Kier molecular flexibility index (Phi) is 6.91. The summed E-state index contributed by atoms with van der Waals surface area (Å²) < 4.78 is 37.8. The molecule has 1 heterocycles. The lowest BCUT2D eigenvalue weighted by Crippen LogP contribution is -2.33. The number of benzene rings is 2. The molecule has 0 atom stereocenters. The monoisotopic (exact) mass is 428 g/mol. The summed E-state index contributed by atoms with van der Waals surface area (Å²) in [6.07, 6.45) is 1.54. The Morgan fingerprint density at radius 3 is 2.47 bits per heavy atom. The summed E-state index contributed by atoms with van der Waals surface area (Å²) in [4.78, 5) is 14.7. The highest BCUT2D eigenvalue weighted by Crippen LogP contribution is 2.23. The van der Waals surface area contributed by atoms with Gasteiger partial charge in [-0.05, 0) is 42.5 Å². The molecule has 0 unspecified atom stereocenters. The Hall–Kier alpha value is -3.10. The molecule has 8 heteroatoms. The fourth-order valence-electron chi connectivity index (χ4n) is 2.95. The predicted molar refractivity (Wildman–Crippen MR) is 114 cm³/mol. The number of para-hydroxylation sites is 1. The fraction of sp³-hybridized carbons (Fsp3) is 0.227. The molecule has 0 saturated heterocycles. The Morgan fingerprint density at radius 2 is 1.80 bits per heavy atom. The van der Waals surface area contributed by atoms with Gasteiger partial charge in [0.05, 0.1) is 30.0 Å². The second kappa shape index (κ2) is 9.60. The van der Waals surface area contributed by atoms with E-state index in [2.05, 4.69) is 0 Å². The Morgan fingerprint density at radius 1 is 1.03 bits per heavy atom. The van der Waals surface area contributed by atoms with Crippen molar-refractivity contribution in [3.63, 3.8) is 0 Å². The third-order valence-electron chi connectivity index (χ3n) is 4.64. The van der Waals surface area contributed by atoms with Gasteiger partial charge in [-0.3, -0.25) is 9.10 Å². The molecule has 0 aliphatic rings. The van der Waals surface area contributed by atoms with E-state index in [9.17, 15) is 13.2 Å². The number of sulfonamides is 1. The second-order valence-electron chi connectivity index (χ2n) is 6.63. The third-order valence-corrected chi connectivity index (χ3v) is 6.42. The van der Waals surface area contributed by atoms with E-state index in [0.29, 0.717) is 24.6 Å². The highest BCUT2D eigenvalue weighted by molar-refractivity contribution is 7.92. The number of methoxy groups -OCH3 is 1. The molecular formula is C22H24N2O5S. The lowest BCUT2D eigenvalue weighted by Gasteiger charge is -2.23. The van der Waals surface area contributed by atoms with Crippen molar-refractivity contribution < 1.29 is 22.4 Å². The minimum absolute atomic E-state index is 0.0457. The molecule has 0 bridgehead atoms. The van der Waals surface area contributed by atoms with Gasteiger partial charge in [0, 0.05) is 26.3 Å². The molecule has 0 aliphatic heterocycles. The largest absolute Gasteiger partial charge is 0.467 e. The molecule has 1 aromatic heterocycles. The van der Waals surface area contributed by atoms with Crippen LogP contribution in [0.4, 0.5) is 5.69 Å². The van der Waals surface area contributed by atoms with Crippen LogP contribution in [0.15, 0.2) is 82.3 Å². The first-order chi connectivity index (χ1) is 14.4. The van der Waals surface area contributed by atoms with Crippen LogP contribution in [0.25, 0.3) is 0 Å². The summed E-state index contributed by atoms with van der Waals surface area (Å²) in [6, 6.07) is 18.4. The van der Waals surface area contributed by atoms with E-state index in [0.717, 1.165) is 0 Å². The summed E-state index contributed by atoms with van der Waals surface area (Å²) in [5.41, 5.74) is 0.814. The number of ether oxygens (including phenoxy) is 1. The summed E-state index contributed by atoms with van der Waals surface area (Å²) in [6.45, 7) is 0.953. The number of hydrogen-bond acceptors (Lipinski definition) is 5. The number of anilines is 1. The van der Waals surface area contributed by atoms with Gasteiger partial charge in [-0.1, -0.05) is 24.3 Å². The SMILES string of the molecule is COCCN(Cc1ccco1)C(=O)c1cccc(S(=O)(=O)N(C)c2ccccc2)c1. The first-order valence-electron chi connectivity index (χ1n) is 9.38. The number of amides is 1. The number of rotatable bonds is 9. The van der Waals surface area contributed by atoms with Gasteiger partial charge in [0.15, 0.2) is 0 Å². The number of hydrogen-bond donors (Lipinski definition) is 0. The highest BCUT2D eigenvalue weighted by atomic mass is 32.2. The van der Waals surface area contributed by atoms with Crippen LogP contribution >= 0.6 is 0 Å². The Labute approximate surface area is 176 Å². The molecule has 7 nitrogen and oxygen atoms in total. The van der Waals surface area contributed by atoms with Crippen molar-refractivity contribution in [2.24, 2.45) is 0 Å². The van der Waals surface area contributed by atoms with Gasteiger partial charge < -0.3 is 14.1 Å². The van der Waals surface area contributed by atoms with Crippen molar-refractivity contribution in [1.82, 2.24) is 4.90 Å². The van der Waals surface area contributed by atoms with Gasteiger partial charge in [-0.2, -0.15) is 0 Å².